The van der Waals surface area contributed by atoms with Crippen LogP contribution in [-0.2, 0) is 21.2 Å². The molecule has 184 valence electrons. The van der Waals surface area contributed by atoms with E-state index in [2.05, 4.69) is 12.1 Å². The molecule has 0 aliphatic carbocycles. The van der Waals surface area contributed by atoms with E-state index in [1.54, 1.807) is 17.0 Å². The van der Waals surface area contributed by atoms with Gasteiger partial charge in [-0.2, -0.15) is 0 Å². The number of hydrogen-bond acceptors (Lipinski definition) is 4. The summed E-state index contributed by atoms with van der Waals surface area (Å²) in [5.74, 6) is -0.356. The highest BCUT2D eigenvalue weighted by atomic mass is 32.2. The molecule has 1 amide bonds. The van der Waals surface area contributed by atoms with Crippen molar-refractivity contribution < 1.29 is 17.6 Å². The molecule has 8 heteroatoms. The Morgan fingerprint density at radius 2 is 1.69 bits per heavy atom. The van der Waals surface area contributed by atoms with E-state index in [0.29, 0.717) is 19.0 Å². The molecule has 0 atom stereocenters. The Morgan fingerprint density at radius 3 is 2.31 bits per heavy atom. The lowest BCUT2D eigenvalue weighted by atomic mass is 9.90. The Hall–Kier alpha value is -2.84. The summed E-state index contributed by atoms with van der Waals surface area (Å²) >= 11 is 1.51. The zero-order valence-corrected chi connectivity index (χ0v) is 21.3. The average Bonchev–Trinajstić information content (AvgIpc) is 2.88. The van der Waals surface area contributed by atoms with Gasteiger partial charge < -0.3 is 4.90 Å². The van der Waals surface area contributed by atoms with Crippen molar-refractivity contribution in [3.05, 3.63) is 90.2 Å². The highest BCUT2D eigenvalue weighted by Crippen LogP contribution is 2.27. The summed E-state index contributed by atoms with van der Waals surface area (Å²) in [6.07, 6.45) is 4.61. The fourth-order valence-electron chi connectivity index (χ4n) is 4.38. The van der Waals surface area contributed by atoms with Gasteiger partial charge in [-0.3, -0.25) is 9.10 Å². The van der Waals surface area contributed by atoms with Crippen LogP contribution in [0.2, 0.25) is 0 Å². The highest BCUT2D eigenvalue weighted by molar-refractivity contribution is 7.98. The van der Waals surface area contributed by atoms with Gasteiger partial charge in [0.05, 0.1) is 10.6 Å². The van der Waals surface area contributed by atoms with Crippen LogP contribution in [0, 0.1) is 11.7 Å². The number of nitrogens with zero attached hydrogens (tertiary/aromatic N) is 2. The van der Waals surface area contributed by atoms with Crippen LogP contribution >= 0.6 is 11.8 Å². The van der Waals surface area contributed by atoms with Gasteiger partial charge in [-0.15, -0.1) is 11.8 Å². The van der Waals surface area contributed by atoms with Gasteiger partial charge in [0.2, 0.25) is 5.91 Å². The molecule has 0 radical (unpaired) electrons. The second kappa shape index (κ2) is 11.3. The van der Waals surface area contributed by atoms with Gasteiger partial charge in [-0.1, -0.05) is 36.4 Å². The van der Waals surface area contributed by atoms with Crippen LogP contribution in [-0.4, -0.2) is 45.1 Å². The molecule has 1 heterocycles. The fraction of sp³-hybridized carbons (Fsp3) is 0.296. The minimum absolute atomic E-state index is 0.0638. The predicted molar refractivity (Wildman–Crippen MR) is 139 cm³/mol. The number of piperidine rings is 1. The van der Waals surface area contributed by atoms with E-state index < -0.39 is 15.8 Å². The number of thioether (sulfide) groups is 1. The van der Waals surface area contributed by atoms with Crippen LogP contribution in [0.5, 0.6) is 0 Å². The minimum Gasteiger partial charge on any atom is -0.341 e. The molecule has 0 saturated carbocycles. The highest BCUT2D eigenvalue weighted by Gasteiger charge is 2.31. The van der Waals surface area contributed by atoms with Crippen molar-refractivity contribution in [2.45, 2.75) is 29.1 Å². The maximum absolute atomic E-state index is 14.0. The third-order valence-electron chi connectivity index (χ3n) is 6.36. The number of sulfonamides is 1. The number of halogens is 1. The maximum Gasteiger partial charge on any atom is 0.264 e. The SMILES string of the molecule is CSc1ccc(S(=O)(=O)N(CC(=O)N2CCC(Cc3ccccc3)CC2)c2cccc(F)c2)cc1. The van der Waals surface area contributed by atoms with Crippen LogP contribution in [0.4, 0.5) is 10.1 Å². The summed E-state index contributed by atoms with van der Waals surface area (Å²) in [6, 6.07) is 22.1. The van der Waals surface area contributed by atoms with Crippen LogP contribution in [0.3, 0.4) is 0 Å². The van der Waals surface area contributed by atoms with Crippen LogP contribution in [0.15, 0.2) is 88.7 Å². The molecule has 1 fully saturated rings. The Morgan fingerprint density at radius 1 is 1.00 bits per heavy atom. The maximum atomic E-state index is 14.0. The molecule has 3 aromatic rings. The van der Waals surface area contributed by atoms with E-state index in [-0.39, 0.29) is 23.0 Å². The van der Waals surface area contributed by atoms with Crippen molar-refractivity contribution in [1.29, 1.82) is 0 Å². The van der Waals surface area contributed by atoms with Crippen molar-refractivity contribution in [2.75, 3.05) is 30.2 Å². The monoisotopic (exact) mass is 512 g/mol. The average molecular weight is 513 g/mol. The van der Waals surface area contributed by atoms with E-state index in [4.69, 9.17) is 0 Å². The molecule has 4 rings (SSSR count). The summed E-state index contributed by atoms with van der Waals surface area (Å²) in [5, 5.41) is 0. The molecule has 0 N–H and O–H groups in total. The molecule has 3 aromatic carbocycles. The molecule has 0 bridgehead atoms. The van der Waals surface area contributed by atoms with E-state index in [1.807, 2.05) is 24.5 Å². The molecule has 1 saturated heterocycles. The predicted octanol–water partition coefficient (Wildman–Crippen LogP) is 5.22. The first-order valence-corrected chi connectivity index (χ1v) is 14.3. The van der Waals surface area contributed by atoms with Crippen molar-refractivity contribution in [3.63, 3.8) is 0 Å². The van der Waals surface area contributed by atoms with Gasteiger partial charge in [0, 0.05) is 18.0 Å². The van der Waals surface area contributed by atoms with E-state index >= 15 is 0 Å². The lowest BCUT2D eigenvalue weighted by Gasteiger charge is -2.34. The number of carbonyl (C=O) groups excluding carboxylic acids is 1. The van der Waals surface area contributed by atoms with Crippen molar-refractivity contribution in [2.24, 2.45) is 5.92 Å². The number of rotatable bonds is 8. The van der Waals surface area contributed by atoms with Gasteiger partial charge in [-0.05, 0) is 79.5 Å². The van der Waals surface area contributed by atoms with Gasteiger partial charge >= 0.3 is 0 Å². The topological polar surface area (TPSA) is 57.7 Å². The minimum atomic E-state index is -4.07. The van der Waals surface area contributed by atoms with Crippen molar-refractivity contribution in [3.8, 4) is 0 Å². The molecular formula is C27H29FN2O3S2. The van der Waals surface area contributed by atoms with E-state index in [1.165, 1.54) is 47.7 Å². The molecule has 0 spiro atoms. The smallest absolute Gasteiger partial charge is 0.264 e. The summed E-state index contributed by atoms with van der Waals surface area (Å²) in [7, 11) is -4.07. The second-order valence-electron chi connectivity index (χ2n) is 8.68. The molecule has 0 aromatic heterocycles. The zero-order chi connectivity index (χ0) is 24.8. The molecule has 1 aliphatic rings. The number of likely N-dealkylation sites (tertiary alicyclic amines) is 1. The number of amides is 1. The second-order valence-corrected chi connectivity index (χ2v) is 11.4. The van der Waals surface area contributed by atoms with Crippen LogP contribution < -0.4 is 4.31 Å². The Bertz CT molecular complexity index is 1240. The first-order valence-electron chi connectivity index (χ1n) is 11.6. The third-order valence-corrected chi connectivity index (χ3v) is 8.89. The summed E-state index contributed by atoms with van der Waals surface area (Å²) in [5.41, 5.74) is 1.42. The van der Waals surface area contributed by atoms with Gasteiger partial charge in [-0.25, -0.2) is 12.8 Å². The number of carbonyl (C=O) groups is 1. The van der Waals surface area contributed by atoms with Crippen LogP contribution in [0.1, 0.15) is 18.4 Å². The van der Waals surface area contributed by atoms with E-state index in [9.17, 15) is 17.6 Å². The number of hydrogen-bond donors (Lipinski definition) is 0. The molecule has 1 aliphatic heterocycles. The number of anilines is 1. The molecule has 0 unspecified atom stereocenters. The normalized spacial score (nSPS) is 14.6. The summed E-state index contributed by atoms with van der Waals surface area (Å²) in [6.45, 7) is 0.783. The van der Waals surface area contributed by atoms with Crippen molar-refractivity contribution in [1.82, 2.24) is 4.90 Å². The number of benzene rings is 3. The van der Waals surface area contributed by atoms with Gasteiger partial charge in [0.1, 0.15) is 12.4 Å². The van der Waals surface area contributed by atoms with Crippen LogP contribution in [0.25, 0.3) is 0 Å². The van der Waals surface area contributed by atoms with E-state index in [0.717, 1.165) is 34.5 Å². The zero-order valence-electron chi connectivity index (χ0n) is 19.6. The first-order chi connectivity index (χ1) is 16.9. The summed E-state index contributed by atoms with van der Waals surface area (Å²) < 4.78 is 42.1. The van der Waals surface area contributed by atoms with Gasteiger partial charge in [0.15, 0.2) is 0 Å². The Labute approximate surface area is 211 Å². The quantitative estimate of drug-likeness (QED) is 0.388. The first kappa shape index (κ1) is 25.3. The Kier molecular flexibility index (Phi) is 8.13. The summed E-state index contributed by atoms with van der Waals surface area (Å²) in [4.78, 5) is 15.9. The molecule has 5 nitrogen and oxygen atoms in total. The molecular weight excluding hydrogens is 483 g/mol. The lowest BCUT2D eigenvalue weighted by Crippen LogP contribution is -2.46. The molecule has 35 heavy (non-hydrogen) atoms. The largest absolute Gasteiger partial charge is 0.341 e. The fourth-order valence-corrected chi connectivity index (χ4v) is 6.19. The standard InChI is InChI=1S/C27H29FN2O3S2/c1-34-25-10-12-26(13-11-25)35(32,33)30(24-9-5-8-23(28)19-24)20-27(31)29-16-14-22(15-17-29)18-21-6-3-2-4-7-21/h2-13,19,22H,14-18,20H2,1H3. The Balaban J connectivity index is 1.50. The van der Waals surface area contributed by atoms with Crippen molar-refractivity contribution >= 4 is 33.4 Å². The third kappa shape index (κ3) is 6.24. The lowest BCUT2D eigenvalue weighted by molar-refractivity contribution is -0.130. The van der Waals surface area contributed by atoms with Gasteiger partial charge in [0.25, 0.3) is 10.0 Å².